The van der Waals surface area contributed by atoms with Gasteiger partial charge < -0.3 is 19.3 Å². The molecule has 1 aliphatic rings. The Kier molecular flexibility index (Phi) is 7.52. The highest BCUT2D eigenvalue weighted by Gasteiger charge is 2.47. The van der Waals surface area contributed by atoms with Crippen LogP contribution in [0.2, 0.25) is 0 Å². The highest BCUT2D eigenvalue weighted by Crippen LogP contribution is 2.44. The molecule has 196 valence electrons. The van der Waals surface area contributed by atoms with Crippen LogP contribution in [0.15, 0.2) is 72.3 Å². The van der Waals surface area contributed by atoms with Crippen LogP contribution in [0.5, 0.6) is 11.5 Å². The van der Waals surface area contributed by atoms with Crippen LogP contribution in [0, 0.1) is 6.92 Å². The van der Waals surface area contributed by atoms with E-state index in [9.17, 15) is 19.5 Å². The van der Waals surface area contributed by atoms with Gasteiger partial charge in [0.2, 0.25) is 0 Å². The van der Waals surface area contributed by atoms with E-state index in [0.717, 1.165) is 5.56 Å². The normalized spacial score (nSPS) is 16.6. The number of ketones is 1. The number of rotatable bonds is 7. The van der Waals surface area contributed by atoms with Crippen LogP contribution in [0.4, 0.5) is 5.69 Å². The number of hydrogen-bond donors (Lipinski definition) is 1. The average Bonchev–Trinajstić information content (AvgIpc) is 3.17. The lowest BCUT2D eigenvalue weighted by Crippen LogP contribution is -2.29. The van der Waals surface area contributed by atoms with Crippen molar-refractivity contribution in [1.82, 2.24) is 0 Å². The number of aryl methyl sites for hydroxylation is 1. The summed E-state index contributed by atoms with van der Waals surface area (Å²) in [5, 5.41) is 11.5. The molecule has 1 unspecified atom stereocenters. The van der Waals surface area contributed by atoms with Crippen molar-refractivity contribution in [2.45, 2.75) is 32.9 Å². The molecule has 3 aromatic rings. The zero-order valence-electron chi connectivity index (χ0n) is 21.8. The van der Waals surface area contributed by atoms with Gasteiger partial charge in [-0.25, -0.2) is 4.79 Å². The number of carbonyl (C=O) groups excluding carboxylic acids is 3. The van der Waals surface area contributed by atoms with Crippen LogP contribution in [-0.4, -0.2) is 43.1 Å². The first kappa shape index (κ1) is 26.5. The maximum Gasteiger partial charge on any atom is 0.338 e. The van der Waals surface area contributed by atoms with E-state index < -0.39 is 23.7 Å². The van der Waals surface area contributed by atoms with E-state index in [2.05, 4.69) is 0 Å². The number of ether oxygens (including phenoxy) is 3. The van der Waals surface area contributed by atoms with Crippen molar-refractivity contribution < 1.29 is 33.7 Å². The molecule has 1 saturated heterocycles. The maximum atomic E-state index is 13.5. The topological polar surface area (TPSA) is 102 Å². The minimum atomic E-state index is -0.960. The monoisotopic (exact) mass is 515 g/mol. The summed E-state index contributed by atoms with van der Waals surface area (Å²) < 4.78 is 16.0. The smallest absolute Gasteiger partial charge is 0.338 e. The fourth-order valence-corrected chi connectivity index (χ4v) is 4.46. The van der Waals surface area contributed by atoms with Gasteiger partial charge in [-0.15, -0.1) is 0 Å². The van der Waals surface area contributed by atoms with Crippen molar-refractivity contribution in [2.75, 3.05) is 19.1 Å². The first-order chi connectivity index (χ1) is 18.2. The molecule has 1 heterocycles. The van der Waals surface area contributed by atoms with Gasteiger partial charge in [0.15, 0.2) is 0 Å². The van der Waals surface area contributed by atoms with E-state index in [-0.39, 0.29) is 34.3 Å². The highest BCUT2D eigenvalue weighted by molar-refractivity contribution is 6.51. The first-order valence-corrected chi connectivity index (χ1v) is 12.1. The Bertz CT molecular complexity index is 1440. The predicted molar refractivity (Wildman–Crippen MR) is 143 cm³/mol. The predicted octanol–water partition coefficient (Wildman–Crippen LogP) is 5.20. The number of nitrogens with zero attached hydrogens (tertiary/aromatic N) is 1. The van der Waals surface area contributed by atoms with Gasteiger partial charge in [-0.3, -0.25) is 14.5 Å². The third kappa shape index (κ3) is 4.98. The molecule has 3 aromatic carbocycles. The zero-order chi connectivity index (χ0) is 27.6. The van der Waals surface area contributed by atoms with Crippen LogP contribution in [-0.2, 0) is 14.3 Å². The van der Waals surface area contributed by atoms with E-state index in [1.807, 2.05) is 25.1 Å². The molecule has 0 aromatic heterocycles. The van der Waals surface area contributed by atoms with Gasteiger partial charge in [0, 0.05) is 11.8 Å². The molecule has 1 atom stereocenters. The molecular weight excluding hydrogens is 486 g/mol. The van der Waals surface area contributed by atoms with Gasteiger partial charge in [0.05, 0.1) is 43.1 Å². The Balaban J connectivity index is 1.93. The molecule has 0 spiro atoms. The lowest BCUT2D eigenvalue weighted by Gasteiger charge is -2.26. The van der Waals surface area contributed by atoms with Crippen LogP contribution in [0.1, 0.15) is 46.9 Å². The molecule has 8 heteroatoms. The third-order valence-corrected chi connectivity index (χ3v) is 6.17. The molecule has 0 saturated carbocycles. The summed E-state index contributed by atoms with van der Waals surface area (Å²) in [7, 11) is 2.94. The number of Topliss-reactive ketones (excluding diaryl/α,β-unsaturated/α-hetero) is 1. The largest absolute Gasteiger partial charge is 0.507 e. The van der Waals surface area contributed by atoms with Crippen LogP contribution >= 0.6 is 0 Å². The third-order valence-electron chi connectivity index (χ3n) is 6.17. The molecule has 0 radical (unpaired) electrons. The average molecular weight is 516 g/mol. The standard InChI is InChI=1S/C30H29NO7/c1-17(2)38-30(35)20-10-7-11-21(15-20)31-26(19-9-6-8-18(3)14-19)25(28(33)29(31)34)27(32)23-13-12-22(36-4)16-24(23)37-5/h6-17,26,32H,1-5H3/b27-25-. The van der Waals surface area contributed by atoms with Crippen LogP contribution < -0.4 is 14.4 Å². The summed E-state index contributed by atoms with van der Waals surface area (Å²) in [6.45, 7) is 5.38. The number of anilines is 1. The molecule has 38 heavy (non-hydrogen) atoms. The van der Waals surface area contributed by atoms with Crippen molar-refractivity contribution in [2.24, 2.45) is 0 Å². The number of carbonyl (C=O) groups is 3. The number of benzene rings is 3. The summed E-state index contributed by atoms with van der Waals surface area (Å²) in [5.74, 6) is -1.85. The quantitative estimate of drug-likeness (QED) is 0.200. The molecule has 4 rings (SSSR count). The molecule has 1 amide bonds. The fraction of sp³-hybridized carbons (Fsp3) is 0.233. The number of methoxy groups -OCH3 is 2. The SMILES string of the molecule is COc1ccc(/C(O)=C2/C(=O)C(=O)N(c3cccc(C(=O)OC(C)C)c3)C2c2cccc(C)c2)c(OC)c1. The molecule has 0 bridgehead atoms. The molecule has 1 fully saturated rings. The molecular formula is C30H29NO7. The summed E-state index contributed by atoms with van der Waals surface area (Å²) in [5.41, 5.74) is 2.21. The van der Waals surface area contributed by atoms with Gasteiger partial charge in [-0.1, -0.05) is 35.9 Å². The van der Waals surface area contributed by atoms with Gasteiger partial charge in [-0.2, -0.15) is 0 Å². The zero-order valence-corrected chi connectivity index (χ0v) is 21.8. The minimum absolute atomic E-state index is 0.0979. The Morgan fingerprint density at radius 3 is 2.34 bits per heavy atom. The van der Waals surface area contributed by atoms with Gasteiger partial charge in [-0.05, 0) is 56.7 Å². The van der Waals surface area contributed by atoms with Gasteiger partial charge >= 0.3 is 5.97 Å². The second-order valence-electron chi connectivity index (χ2n) is 9.15. The highest BCUT2D eigenvalue weighted by atomic mass is 16.5. The Morgan fingerprint density at radius 2 is 1.68 bits per heavy atom. The van der Waals surface area contributed by atoms with Crippen molar-refractivity contribution >= 4 is 29.1 Å². The fourth-order valence-electron chi connectivity index (χ4n) is 4.46. The molecule has 1 N–H and O–H groups in total. The van der Waals surface area contributed by atoms with E-state index in [4.69, 9.17) is 14.2 Å². The van der Waals surface area contributed by atoms with E-state index in [1.54, 1.807) is 56.3 Å². The Morgan fingerprint density at radius 1 is 0.947 bits per heavy atom. The number of hydrogen-bond acceptors (Lipinski definition) is 7. The second-order valence-corrected chi connectivity index (χ2v) is 9.15. The number of aliphatic hydroxyl groups is 1. The van der Waals surface area contributed by atoms with Crippen LogP contribution in [0.3, 0.4) is 0 Å². The summed E-state index contributed by atoms with van der Waals surface area (Å²) in [6.07, 6.45) is -0.327. The van der Waals surface area contributed by atoms with Gasteiger partial charge in [0.1, 0.15) is 17.3 Å². The molecule has 8 nitrogen and oxygen atoms in total. The molecule has 1 aliphatic heterocycles. The Hall–Kier alpha value is -4.59. The van der Waals surface area contributed by atoms with Crippen molar-refractivity contribution in [1.29, 1.82) is 0 Å². The minimum Gasteiger partial charge on any atom is -0.507 e. The lowest BCUT2D eigenvalue weighted by atomic mass is 9.94. The Labute approximate surface area is 221 Å². The van der Waals surface area contributed by atoms with Crippen molar-refractivity contribution in [3.63, 3.8) is 0 Å². The lowest BCUT2D eigenvalue weighted by molar-refractivity contribution is -0.132. The van der Waals surface area contributed by atoms with Crippen molar-refractivity contribution in [3.05, 3.63) is 94.6 Å². The number of amides is 1. The van der Waals surface area contributed by atoms with E-state index in [1.165, 1.54) is 25.2 Å². The maximum absolute atomic E-state index is 13.5. The van der Waals surface area contributed by atoms with Crippen LogP contribution in [0.25, 0.3) is 5.76 Å². The molecule has 0 aliphatic carbocycles. The summed E-state index contributed by atoms with van der Waals surface area (Å²) in [6, 6.07) is 17.5. The number of esters is 1. The van der Waals surface area contributed by atoms with Crippen molar-refractivity contribution in [3.8, 4) is 11.5 Å². The second kappa shape index (κ2) is 10.8. The first-order valence-electron chi connectivity index (χ1n) is 12.1. The van der Waals surface area contributed by atoms with E-state index in [0.29, 0.717) is 17.0 Å². The van der Waals surface area contributed by atoms with Gasteiger partial charge in [0.25, 0.3) is 11.7 Å². The number of aliphatic hydroxyl groups excluding tert-OH is 1. The summed E-state index contributed by atoms with van der Waals surface area (Å²) in [4.78, 5) is 40.9. The van der Waals surface area contributed by atoms with E-state index >= 15 is 0 Å². The summed E-state index contributed by atoms with van der Waals surface area (Å²) >= 11 is 0.